The van der Waals surface area contributed by atoms with Crippen molar-refractivity contribution >= 4 is 20.6 Å². The van der Waals surface area contributed by atoms with Crippen molar-refractivity contribution in [1.29, 1.82) is 0 Å². The number of ether oxygens (including phenoxy) is 1. The monoisotopic (exact) mass is 472 g/mol. The van der Waals surface area contributed by atoms with Crippen LogP contribution in [-0.2, 0) is 9.84 Å². The maximum atomic E-state index is 14.1. The molecule has 0 radical (unpaired) electrons. The molecule has 0 saturated carbocycles. The Balaban J connectivity index is 1.85. The number of aromatic hydroxyl groups is 1. The van der Waals surface area contributed by atoms with Crippen molar-refractivity contribution in [3.63, 3.8) is 0 Å². The first-order chi connectivity index (χ1) is 16.3. The first-order valence-electron chi connectivity index (χ1n) is 11.5. The normalized spacial score (nSPS) is 20.1. The number of methoxy groups -OCH3 is 1. The molecule has 0 unspecified atom stereocenters. The number of benzene rings is 4. The first kappa shape index (κ1) is 22.5. The molecule has 0 fully saturated rings. The van der Waals surface area contributed by atoms with Gasteiger partial charge in [0.15, 0.2) is 9.84 Å². The van der Waals surface area contributed by atoms with Crippen LogP contribution < -0.4 is 4.74 Å². The van der Waals surface area contributed by atoms with Gasteiger partial charge in [-0.25, -0.2) is 8.42 Å². The number of phenols is 1. The average molecular weight is 473 g/mol. The molecule has 5 heteroatoms. The molecule has 0 saturated heterocycles. The number of rotatable bonds is 4. The molecule has 0 bridgehead atoms. The number of hydrogen-bond acceptors (Lipinski definition) is 4. The Morgan fingerprint density at radius 2 is 1.65 bits per heavy atom. The summed E-state index contributed by atoms with van der Waals surface area (Å²) in [4.78, 5) is 0.342. The van der Waals surface area contributed by atoms with Crippen LogP contribution in [0, 0.1) is 6.92 Å². The van der Waals surface area contributed by atoms with Crippen LogP contribution >= 0.6 is 0 Å². The van der Waals surface area contributed by atoms with E-state index in [4.69, 9.17) is 4.74 Å². The largest absolute Gasteiger partial charge is 0.507 e. The van der Waals surface area contributed by atoms with E-state index in [0.717, 1.165) is 27.6 Å². The topological polar surface area (TPSA) is 63.6 Å². The van der Waals surface area contributed by atoms with Gasteiger partial charge in [0.25, 0.3) is 0 Å². The molecular weight excluding hydrogens is 444 g/mol. The van der Waals surface area contributed by atoms with Crippen LogP contribution in [0.25, 0.3) is 10.8 Å². The van der Waals surface area contributed by atoms with Crippen LogP contribution in [0.15, 0.2) is 83.8 Å². The van der Waals surface area contributed by atoms with Crippen molar-refractivity contribution in [2.24, 2.45) is 0 Å². The van der Waals surface area contributed by atoms with Gasteiger partial charge >= 0.3 is 0 Å². The summed E-state index contributed by atoms with van der Waals surface area (Å²) in [7, 11) is -2.05. The number of phenolic OH excluding ortho intramolecular Hbond substituents is 1. The zero-order valence-electron chi connectivity index (χ0n) is 19.5. The lowest BCUT2D eigenvalue weighted by Gasteiger charge is -2.38. The highest BCUT2D eigenvalue weighted by atomic mass is 32.2. The first-order valence-corrected chi connectivity index (χ1v) is 13.1. The Bertz CT molecular complexity index is 1460. The van der Waals surface area contributed by atoms with Crippen molar-refractivity contribution in [2.45, 2.75) is 42.2 Å². The predicted octanol–water partition coefficient (Wildman–Crippen LogP) is 6.34. The van der Waals surface area contributed by atoms with Crippen molar-refractivity contribution in [3.05, 3.63) is 101 Å². The third kappa shape index (κ3) is 3.55. The molecule has 3 atom stereocenters. The molecular formula is C29H28O4S. The van der Waals surface area contributed by atoms with E-state index in [9.17, 15) is 13.5 Å². The maximum Gasteiger partial charge on any atom is 0.182 e. The summed E-state index contributed by atoms with van der Waals surface area (Å²) in [6, 6.07) is 24.3. The quantitative estimate of drug-likeness (QED) is 0.376. The van der Waals surface area contributed by atoms with Crippen LogP contribution in [0.4, 0.5) is 0 Å². The smallest absolute Gasteiger partial charge is 0.182 e. The van der Waals surface area contributed by atoms with E-state index in [1.54, 1.807) is 19.2 Å². The molecule has 0 heterocycles. The van der Waals surface area contributed by atoms with Crippen LogP contribution in [0.2, 0.25) is 0 Å². The van der Waals surface area contributed by atoms with Gasteiger partial charge in [-0.3, -0.25) is 0 Å². The SMILES string of the molecule is COc1cccc2c(O)cc3c(c12)[C@@H](c1ccccc1)[C@H](S(=O)(=O)c1ccc(C)cc1)C[C@@H]3C. The molecule has 1 N–H and O–H groups in total. The Morgan fingerprint density at radius 1 is 0.941 bits per heavy atom. The molecule has 174 valence electrons. The Morgan fingerprint density at radius 3 is 2.32 bits per heavy atom. The second-order valence-electron chi connectivity index (χ2n) is 9.20. The number of sulfone groups is 1. The summed E-state index contributed by atoms with van der Waals surface area (Å²) in [5.41, 5.74) is 3.86. The van der Waals surface area contributed by atoms with E-state index in [2.05, 4.69) is 0 Å². The predicted molar refractivity (Wildman–Crippen MR) is 136 cm³/mol. The van der Waals surface area contributed by atoms with Gasteiger partial charge in [-0.15, -0.1) is 0 Å². The molecule has 0 amide bonds. The molecule has 4 aromatic rings. The van der Waals surface area contributed by atoms with Gasteiger partial charge in [-0.05, 0) is 60.2 Å². The van der Waals surface area contributed by atoms with Gasteiger partial charge in [-0.2, -0.15) is 0 Å². The highest BCUT2D eigenvalue weighted by Gasteiger charge is 2.44. The zero-order chi connectivity index (χ0) is 24.0. The van der Waals surface area contributed by atoms with E-state index in [-0.39, 0.29) is 11.7 Å². The van der Waals surface area contributed by atoms with Crippen molar-refractivity contribution in [2.75, 3.05) is 7.11 Å². The zero-order valence-corrected chi connectivity index (χ0v) is 20.3. The fraction of sp³-hybridized carbons (Fsp3) is 0.241. The van der Waals surface area contributed by atoms with Gasteiger partial charge in [0.05, 0.1) is 17.3 Å². The molecule has 1 aliphatic rings. The lowest BCUT2D eigenvalue weighted by molar-refractivity contribution is 0.418. The van der Waals surface area contributed by atoms with E-state index >= 15 is 0 Å². The minimum atomic E-state index is -3.65. The van der Waals surface area contributed by atoms with Crippen LogP contribution in [0.1, 0.15) is 47.4 Å². The van der Waals surface area contributed by atoms with E-state index in [0.29, 0.717) is 22.5 Å². The number of fused-ring (bicyclic) bond motifs is 3. The molecule has 4 aromatic carbocycles. The molecule has 0 spiro atoms. The summed E-state index contributed by atoms with van der Waals surface area (Å²) >= 11 is 0. The van der Waals surface area contributed by atoms with Crippen LogP contribution in [0.3, 0.4) is 0 Å². The molecule has 4 nitrogen and oxygen atoms in total. The Hall–Kier alpha value is -3.31. The van der Waals surface area contributed by atoms with Gasteiger partial charge in [0.2, 0.25) is 0 Å². The van der Waals surface area contributed by atoms with Crippen molar-refractivity contribution in [3.8, 4) is 11.5 Å². The minimum absolute atomic E-state index is 0.0552. The summed E-state index contributed by atoms with van der Waals surface area (Å²) in [6.45, 7) is 3.99. The average Bonchev–Trinajstić information content (AvgIpc) is 2.85. The van der Waals surface area contributed by atoms with Crippen molar-refractivity contribution in [1.82, 2.24) is 0 Å². The second kappa shape index (κ2) is 8.48. The number of hydrogen-bond donors (Lipinski definition) is 1. The van der Waals surface area contributed by atoms with Gasteiger partial charge < -0.3 is 9.84 Å². The minimum Gasteiger partial charge on any atom is -0.507 e. The van der Waals surface area contributed by atoms with Gasteiger partial charge in [-0.1, -0.05) is 67.1 Å². The highest BCUT2D eigenvalue weighted by Crippen LogP contribution is 2.52. The standard InChI is InChI=1S/C29H28O4S/c1-18-12-14-21(15-13-18)34(31,32)26-16-19(2)23-17-24(30)22-10-7-11-25(33-3)28(22)29(23)27(26)20-8-5-4-6-9-20/h4-15,17,19,26-27,30H,16H2,1-3H3/t19-,26+,27-/m0/s1. The molecule has 1 aliphatic carbocycles. The molecule has 34 heavy (non-hydrogen) atoms. The third-order valence-electron chi connectivity index (χ3n) is 7.10. The van der Waals surface area contributed by atoms with Gasteiger partial charge in [0, 0.05) is 16.7 Å². The van der Waals surface area contributed by atoms with E-state index in [1.807, 2.05) is 80.6 Å². The summed E-state index contributed by atoms with van der Waals surface area (Å²) in [5, 5.41) is 11.7. The van der Waals surface area contributed by atoms with Crippen LogP contribution in [0.5, 0.6) is 11.5 Å². The summed E-state index contributed by atoms with van der Waals surface area (Å²) < 4.78 is 34.0. The second-order valence-corrected chi connectivity index (χ2v) is 11.4. The fourth-order valence-corrected chi connectivity index (χ4v) is 7.49. The third-order valence-corrected chi connectivity index (χ3v) is 9.29. The van der Waals surface area contributed by atoms with Gasteiger partial charge in [0.1, 0.15) is 11.5 Å². The summed E-state index contributed by atoms with van der Waals surface area (Å²) in [6.07, 6.45) is 0.461. The molecule has 0 aromatic heterocycles. The van der Waals surface area contributed by atoms with Crippen LogP contribution in [-0.4, -0.2) is 25.9 Å². The molecule has 0 aliphatic heterocycles. The Kier molecular flexibility index (Phi) is 5.61. The molecule has 5 rings (SSSR count). The lowest BCUT2D eigenvalue weighted by atomic mass is 9.72. The van der Waals surface area contributed by atoms with E-state index < -0.39 is 21.0 Å². The maximum absolute atomic E-state index is 14.1. The highest BCUT2D eigenvalue weighted by molar-refractivity contribution is 7.92. The lowest BCUT2D eigenvalue weighted by Crippen LogP contribution is -2.35. The summed E-state index contributed by atoms with van der Waals surface area (Å²) in [5.74, 6) is 0.357. The number of aryl methyl sites for hydroxylation is 1. The fourth-order valence-electron chi connectivity index (χ4n) is 5.43. The van der Waals surface area contributed by atoms with E-state index in [1.165, 1.54) is 0 Å². The Labute approximate surface area is 200 Å². The van der Waals surface area contributed by atoms with Crippen molar-refractivity contribution < 1.29 is 18.3 Å².